The normalized spacial score (nSPS) is 21.8. The van der Waals surface area contributed by atoms with Gasteiger partial charge in [-0.05, 0) is 36.6 Å². The van der Waals surface area contributed by atoms with Crippen molar-refractivity contribution in [2.45, 2.75) is 25.4 Å². The third-order valence-corrected chi connectivity index (χ3v) is 3.62. The first-order valence-electron chi connectivity index (χ1n) is 6.83. The first-order valence-corrected chi connectivity index (χ1v) is 6.83. The van der Waals surface area contributed by atoms with Gasteiger partial charge in [0.1, 0.15) is 0 Å². The van der Waals surface area contributed by atoms with Crippen LogP contribution in [0.15, 0.2) is 30.3 Å². The van der Waals surface area contributed by atoms with Crippen molar-refractivity contribution < 1.29 is 9.90 Å². The molecule has 0 bridgehead atoms. The Morgan fingerprint density at radius 1 is 1.40 bits per heavy atom. The van der Waals surface area contributed by atoms with Gasteiger partial charge in [0.05, 0.1) is 17.7 Å². The van der Waals surface area contributed by atoms with Crippen LogP contribution in [0.25, 0.3) is 6.08 Å². The van der Waals surface area contributed by atoms with Crippen molar-refractivity contribution in [3.63, 3.8) is 0 Å². The van der Waals surface area contributed by atoms with Crippen molar-refractivity contribution in [3.05, 3.63) is 41.5 Å². The summed E-state index contributed by atoms with van der Waals surface area (Å²) < 4.78 is 0. The van der Waals surface area contributed by atoms with Gasteiger partial charge in [-0.3, -0.25) is 4.79 Å². The molecule has 0 saturated heterocycles. The monoisotopic (exact) mass is 270 g/mol. The number of aliphatic hydroxyl groups is 1. The summed E-state index contributed by atoms with van der Waals surface area (Å²) in [6.07, 6.45) is 5.74. The fourth-order valence-electron chi connectivity index (χ4n) is 2.39. The maximum absolute atomic E-state index is 11.7. The van der Waals surface area contributed by atoms with E-state index in [1.54, 1.807) is 30.3 Å². The van der Waals surface area contributed by atoms with Gasteiger partial charge in [0.2, 0.25) is 5.91 Å². The third-order valence-electron chi connectivity index (χ3n) is 3.62. The van der Waals surface area contributed by atoms with Gasteiger partial charge >= 0.3 is 0 Å². The summed E-state index contributed by atoms with van der Waals surface area (Å²) in [5.74, 6) is 0.0238. The second-order valence-electron chi connectivity index (χ2n) is 5.07. The number of hydrogen-bond acceptors (Lipinski definition) is 3. The van der Waals surface area contributed by atoms with Crippen LogP contribution in [0.4, 0.5) is 0 Å². The number of carbonyl (C=O) groups excluding carboxylic acids is 1. The molecular weight excluding hydrogens is 252 g/mol. The Labute approximate surface area is 118 Å². The molecule has 2 rings (SSSR count). The molecule has 4 heteroatoms. The number of nitriles is 1. The quantitative estimate of drug-likeness (QED) is 0.820. The smallest absolute Gasteiger partial charge is 0.244 e. The Balaban J connectivity index is 1.81. The lowest BCUT2D eigenvalue weighted by Crippen LogP contribution is -2.31. The van der Waals surface area contributed by atoms with E-state index in [0.29, 0.717) is 12.1 Å². The molecule has 0 heterocycles. The molecule has 104 valence electrons. The van der Waals surface area contributed by atoms with E-state index in [1.165, 1.54) is 6.08 Å². The number of nitrogens with zero attached hydrogens (tertiary/aromatic N) is 1. The Bertz CT molecular complexity index is 528. The number of nitrogens with one attached hydrogen (secondary N) is 1. The number of carbonyl (C=O) groups is 1. The van der Waals surface area contributed by atoms with Crippen molar-refractivity contribution in [2.75, 3.05) is 6.54 Å². The van der Waals surface area contributed by atoms with Crippen LogP contribution in [0.5, 0.6) is 0 Å². The maximum Gasteiger partial charge on any atom is 0.244 e. The van der Waals surface area contributed by atoms with Crippen LogP contribution < -0.4 is 5.32 Å². The van der Waals surface area contributed by atoms with E-state index < -0.39 is 0 Å². The van der Waals surface area contributed by atoms with Crippen LogP contribution in [-0.2, 0) is 4.79 Å². The molecule has 2 unspecified atom stereocenters. The molecule has 1 amide bonds. The fourth-order valence-corrected chi connectivity index (χ4v) is 2.39. The highest BCUT2D eigenvalue weighted by molar-refractivity contribution is 5.91. The minimum Gasteiger partial charge on any atom is -0.393 e. The van der Waals surface area contributed by atoms with Crippen LogP contribution in [0.3, 0.4) is 0 Å². The minimum absolute atomic E-state index is 0.159. The first-order chi connectivity index (χ1) is 9.69. The summed E-state index contributed by atoms with van der Waals surface area (Å²) in [6.45, 7) is 0.526. The van der Waals surface area contributed by atoms with Gasteiger partial charge in [-0.15, -0.1) is 0 Å². The van der Waals surface area contributed by atoms with Crippen LogP contribution in [0.2, 0.25) is 0 Å². The van der Waals surface area contributed by atoms with Gasteiger partial charge in [-0.1, -0.05) is 18.6 Å². The average Bonchev–Trinajstić information content (AvgIpc) is 2.89. The molecule has 1 aliphatic carbocycles. The molecule has 4 nitrogen and oxygen atoms in total. The highest BCUT2D eigenvalue weighted by atomic mass is 16.3. The third kappa shape index (κ3) is 3.94. The number of aliphatic hydroxyl groups excluding tert-OH is 1. The molecule has 20 heavy (non-hydrogen) atoms. The number of amides is 1. The summed E-state index contributed by atoms with van der Waals surface area (Å²) in [4.78, 5) is 11.7. The maximum atomic E-state index is 11.7. The van der Waals surface area contributed by atoms with Crippen molar-refractivity contribution in [3.8, 4) is 6.07 Å². The minimum atomic E-state index is -0.280. The van der Waals surface area contributed by atoms with E-state index in [4.69, 9.17) is 5.26 Å². The average molecular weight is 270 g/mol. The molecule has 0 spiro atoms. The molecule has 0 aliphatic heterocycles. The number of hydrogen-bond donors (Lipinski definition) is 2. The van der Waals surface area contributed by atoms with Crippen molar-refractivity contribution in [2.24, 2.45) is 5.92 Å². The van der Waals surface area contributed by atoms with Gasteiger partial charge in [0, 0.05) is 18.5 Å². The van der Waals surface area contributed by atoms with Gasteiger partial charge in [-0.25, -0.2) is 0 Å². The van der Waals surface area contributed by atoms with E-state index >= 15 is 0 Å². The van der Waals surface area contributed by atoms with Crippen molar-refractivity contribution in [1.29, 1.82) is 5.26 Å². The van der Waals surface area contributed by atoms with E-state index in [0.717, 1.165) is 24.8 Å². The SMILES string of the molecule is N#Cc1ccc(C=CC(=O)NCC2CCCC2O)cc1. The molecule has 1 aromatic rings. The van der Waals surface area contributed by atoms with Crippen LogP contribution in [-0.4, -0.2) is 23.7 Å². The Kier molecular flexibility index (Phi) is 4.91. The Morgan fingerprint density at radius 3 is 2.75 bits per heavy atom. The molecule has 2 atom stereocenters. The Hall–Kier alpha value is -2.12. The lowest BCUT2D eigenvalue weighted by Gasteiger charge is -2.13. The molecule has 1 aliphatic rings. The second kappa shape index (κ2) is 6.88. The lowest BCUT2D eigenvalue weighted by molar-refractivity contribution is -0.116. The Morgan fingerprint density at radius 2 is 2.15 bits per heavy atom. The highest BCUT2D eigenvalue weighted by Crippen LogP contribution is 2.24. The van der Waals surface area contributed by atoms with Crippen LogP contribution >= 0.6 is 0 Å². The van der Waals surface area contributed by atoms with E-state index in [1.807, 2.05) is 6.07 Å². The van der Waals surface area contributed by atoms with E-state index in [-0.39, 0.29) is 17.9 Å². The van der Waals surface area contributed by atoms with E-state index in [9.17, 15) is 9.90 Å². The summed E-state index contributed by atoms with van der Waals surface area (Å²) >= 11 is 0. The summed E-state index contributed by atoms with van der Waals surface area (Å²) in [5.41, 5.74) is 1.47. The molecule has 2 N–H and O–H groups in total. The van der Waals surface area contributed by atoms with Crippen LogP contribution in [0, 0.1) is 17.2 Å². The van der Waals surface area contributed by atoms with Gasteiger partial charge in [0.15, 0.2) is 0 Å². The van der Waals surface area contributed by atoms with Gasteiger partial charge in [0.25, 0.3) is 0 Å². The summed E-state index contributed by atoms with van der Waals surface area (Å²) in [6, 6.07) is 9.07. The predicted molar refractivity (Wildman–Crippen MR) is 76.5 cm³/mol. The molecule has 0 aromatic heterocycles. The summed E-state index contributed by atoms with van der Waals surface area (Å²) in [7, 11) is 0. The predicted octanol–water partition coefficient (Wildman–Crippen LogP) is 1.85. The first kappa shape index (κ1) is 14.3. The zero-order chi connectivity index (χ0) is 14.4. The number of benzene rings is 1. The molecule has 0 radical (unpaired) electrons. The standard InChI is InChI=1S/C16H18N2O2/c17-10-13-6-4-12(5-7-13)8-9-16(20)18-11-14-2-1-3-15(14)19/h4-9,14-15,19H,1-3,11H2,(H,18,20). The topological polar surface area (TPSA) is 73.1 Å². The van der Waals surface area contributed by atoms with Crippen molar-refractivity contribution in [1.82, 2.24) is 5.32 Å². The molecule has 1 saturated carbocycles. The molecule has 1 aromatic carbocycles. The zero-order valence-electron chi connectivity index (χ0n) is 11.2. The second-order valence-corrected chi connectivity index (χ2v) is 5.07. The highest BCUT2D eigenvalue weighted by Gasteiger charge is 2.24. The van der Waals surface area contributed by atoms with E-state index in [2.05, 4.69) is 5.32 Å². The zero-order valence-corrected chi connectivity index (χ0v) is 11.2. The van der Waals surface area contributed by atoms with Gasteiger partial charge < -0.3 is 10.4 Å². The number of rotatable bonds is 4. The van der Waals surface area contributed by atoms with Crippen LogP contribution in [0.1, 0.15) is 30.4 Å². The summed E-state index contributed by atoms with van der Waals surface area (Å²) in [5, 5.41) is 21.2. The lowest BCUT2D eigenvalue weighted by atomic mass is 10.1. The molecular formula is C16H18N2O2. The largest absolute Gasteiger partial charge is 0.393 e. The molecule has 1 fully saturated rings. The fraction of sp³-hybridized carbons (Fsp3) is 0.375. The van der Waals surface area contributed by atoms with Gasteiger partial charge in [-0.2, -0.15) is 5.26 Å². The van der Waals surface area contributed by atoms with Crippen molar-refractivity contribution >= 4 is 12.0 Å².